The third-order valence-corrected chi connectivity index (χ3v) is 3.91. The van der Waals surface area contributed by atoms with E-state index in [9.17, 15) is 5.11 Å². The number of aliphatic hydroxyl groups is 1. The van der Waals surface area contributed by atoms with Gasteiger partial charge in [-0.25, -0.2) is 0 Å². The first-order valence-electron chi connectivity index (χ1n) is 5.47. The van der Waals surface area contributed by atoms with Crippen molar-refractivity contribution in [2.45, 2.75) is 57.5 Å². The van der Waals surface area contributed by atoms with Crippen molar-refractivity contribution in [3.8, 4) is 0 Å². The van der Waals surface area contributed by atoms with Crippen molar-refractivity contribution in [2.75, 3.05) is 0 Å². The summed E-state index contributed by atoms with van der Waals surface area (Å²) < 4.78 is 0. The molecule has 70 valence electrons. The Hall–Kier alpha value is -0.0400. The van der Waals surface area contributed by atoms with Gasteiger partial charge in [0.05, 0.1) is 5.60 Å². The first-order valence-corrected chi connectivity index (χ1v) is 5.47. The second-order valence-corrected chi connectivity index (χ2v) is 4.79. The molecular weight excluding hydrogens is 148 g/mol. The number of rotatable bonds is 3. The van der Waals surface area contributed by atoms with Crippen LogP contribution < -0.4 is 0 Å². The molecule has 0 aliphatic heterocycles. The van der Waals surface area contributed by atoms with Gasteiger partial charge in [-0.2, -0.15) is 0 Å². The molecule has 0 aromatic carbocycles. The van der Waals surface area contributed by atoms with Crippen LogP contribution in [0, 0.1) is 11.8 Å². The van der Waals surface area contributed by atoms with E-state index in [-0.39, 0.29) is 5.60 Å². The molecule has 2 aliphatic rings. The van der Waals surface area contributed by atoms with Gasteiger partial charge in [0.2, 0.25) is 0 Å². The van der Waals surface area contributed by atoms with Gasteiger partial charge in [-0.1, -0.05) is 19.8 Å². The fraction of sp³-hybridized carbons (Fsp3) is 1.00. The van der Waals surface area contributed by atoms with E-state index in [0.717, 1.165) is 18.8 Å². The highest BCUT2D eigenvalue weighted by molar-refractivity contribution is 5.00. The van der Waals surface area contributed by atoms with Crippen LogP contribution in [0.5, 0.6) is 0 Å². The molecule has 12 heavy (non-hydrogen) atoms. The summed E-state index contributed by atoms with van der Waals surface area (Å²) in [5, 5.41) is 10.3. The summed E-state index contributed by atoms with van der Waals surface area (Å²) in [5.41, 5.74) is -0.237. The Morgan fingerprint density at radius 2 is 2.25 bits per heavy atom. The van der Waals surface area contributed by atoms with Crippen LogP contribution in [0.15, 0.2) is 0 Å². The number of hydrogen-bond acceptors (Lipinski definition) is 1. The molecule has 0 heterocycles. The largest absolute Gasteiger partial charge is 0.390 e. The molecule has 2 aliphatic carbocycles. The topological polar surface area (TPSA) is 20.2 Å². The maximum absolute atomic E-state index is 10.3. The van der Waals surface area contributed by atoms with Crippen LogP contribution in [0.1, 0.15) is 51.9 Å². The van der Waals surface area contributed by atoms with Crippen LogP contribution in [-0.2, 0) is 0 Å². The average Bonchev–Trinajstić information content (AvgIpc) is 2.60. The lowest BCUT2D eigenvalue weighted by atomic mass is 9.81. The molecule has 2 fully saturated rings. The van der Waals surface area contributed by atoms with Crippen molar-refractivity contribution in [1.82, 2.24) is 0 Å². The molecule has 0 aromatic rings. The summed E-state index contributed by atoms with van der Waals surface area (Å²) in [4.78, 5) is 0. The van der Waals surface area contributed by atoms with E-state index in [1.165, 1.54) is 32.1 Å². The summed E-state index contributed by atoms with van der Waals surface area (Å²) >= 11 is 0. The maximum atomic E-state index is 10.3. The monoisotopic (exact) mass is 168 g/mol. The van der Waals surface area contributed by atoms with Gasteiger partial charge < -0.3 is 5.11 Å². The zero-order chi connectivity index (χ0) is 8.60. The second-order valence-electron chi connectivity index (χ2n) is 4.79. The summed E-state index contributed by atoms with van der Waals surface area (Å²) in [6.45, 7) is 2.20. The minimum Gasteiger partial charge on any atom is -0.390 e. The van der Waals surface area contributed by atoms with Gasteiger partial charge in [-0.05, 0) is 43.9 Å². The Morgan fingerprint density at radius 1 is 1.42 bits per heavy atom. The molecule has 3 atom stereocenters. The quantitative estimate of drug-likeness (QED) is 0.687. The normalized spacial score (nSPS) is 45.5. The molecule has 2 saturated carbocycles. The number of hydrogen-bond donors (Lipinski definition) is 1. The summed E-state index contributed by atoms with van der Waals surface area (Å²) in [7, 11) is 0. The maximum Gasteiger partial charge on any atom is 0.0678 e. The summed E-state index contributed by atoms with van der Waals surface area (Å²) in [6, 6.07) is 0. The lowest BCUT2D eigenvalue weighted by Crippen LogP contribution is -2.34. The zero-order valence-electron chi connectivity index (χ0n) is 8.05. The van der Waals surface area contributed by atoms with Gasteiger partial charge >= 0.3 is 0 Å². The van der Waals surface area contributed by atoms with Crippen LogP contribution in [0.3, 0.4) is 0 Å². The zero-order valence-corrected chi connectivity index (χ0v) is 8.05. The molecule has 0 radical (unpaired) electrons. The van der Waals surface area contributed by atoms with Crippen LogP contribution in [0.4, 0.5) is 0 Å². The third kappa shape index (κ3) is 1.28. The smallest absolute Gasteiger partial charge is 0.0678 e. The van der Waals surface area contributed by atoms with Crippen LogP contribution in [-0.4, -0.2) is 10.7 Å². The van der Waals surface area contributed by atoms with Crippen LogP contribution >= 0.6 is 0 Å². The van der Waals surface area contributed by atoms with Gasteiger partial charge in [0.1, 0.15) is 0 Å². The van der Waals surface area contributed by atoms with Crippen molar-refractivity contribution in [1.29, 1.82) is 0 Å². The van der Waals surface area contributed by atoms with Crippen LogP contribution in [0.25, 0.3) is 0 Å². The van der Waals surface area contributed by atoms with Crippen molar-refractivity contribution in [3.05, 3.63) is 0 Å². The summed E-state index contributed by atoms with van der Waals surface area (Å²) in [5.74, 6) is 1.53. The SMILES string of the molecule is CCCCC1(O)CC2CCC1C2. The Labute approximate surface area is 75.2 Å². The fourth-order valence-electron chi connectivity index (χ4n) is 3.20. The highest BCUT2D eigenvalue weighted by Crippen LogP contribution is 2.52. The highest BCUT2D eigenvalue weighted by Gasteiger charge is 2.48. The van der Waals surface area contributed by atoms with E-state index in [0.29, 0.717) is 5.92 Å². The molecule has 0 saturated heterocycles. The summed E-state index contributed by atoms with van der Waals surface area (Å²) in [6.07, 6.45) is 8.60. The Morgan fingerprint density at radius 3 is 2.75 bits per heavy atom. The molecule has 0 spiro atoms. The highest BCUT2D eigenvalue weighted by atomic mass is 16.3. The number of unbranched alkanes of at least 4 members (excludes halogenated alkanes) is 1. The van der Waals surface area contributed by atoms with E-state index >= 15 is 0 Å². The lowest BCUT2D eigenvalue weighted by Gasteiger charge is -2.32. The van der Waals surface area contributed by atoms with E-state index < -0.39 is 0 Å². The molecule has 3 unspecified atom stereocenters. The van der Waals surface area contributed by atoms with Crippen molar-refractivity contribution in [3.63, 3.8) is 0 Å². The third-order valence-electron chi connectivity index (χ3n) is 3.91. The first-order chi connectivity index (χ1) is 5.74. The van der Waals surface area contributed by atoms with Crippen molar-refractivity contribution in [2.24, 2.45) is 11.8 Å². The van der Waals surface area contributed by atoms with Crippen molar-refractivity contribution < 1.29 is 5.11 Å². The molecule has 1 N–H and O–H groups in total. The van der Waals surface area contributed by atoms with E-state index in [1.807, 2.05) is 0 Å². The lowest BCUT2D eigenvalue weighted by molar-refractivity contribution is -0.0221. The van der Waals surface area contributed by atoms with Gasteiger partial charge in [0, 0.05) is 0 Å². The second kappa shape index (κ2) is 3.02. The molecule has 0 aromatic heterocycles. The molecule has 1 heteroatoms. The predicted molar refractivity (Wildman–Crippen MR) is 49.9 cm³/mol. The fourth-order valence-corrected chi connectivity index (χ4v) is 3.20. The van der Waals surface area contributed by atoms with Gasteiger partial charge in [0.25, 0.3) is 0 Å². The minimum atomic E-state index is -0.237. The van der Waals surface area contributed by atoms with Gasteiger partial charge in [-0.15, -0.1) is 0 Å². The molecule has 0 amide bonds. The van der Waals surface area contributed by atoms with Crippen molar-refractivity contribution >= 4 is 0 Å². The Bertz CT molecular complexity index is 166. The van der Waals surface area contributed by atoms with Crippen LogP contribution in [0.2, 0.25) is 0 Å². The first kappa shape index (κ1) is 8.55. The Balaban J connectivity index is 1.93. The minimum absolute atomic E-state index is 0.237. The number of fused-ring (bicyclic) bond motifs is 2. The predicted octanol–water partition coefficient (Wildman–Crippen LogP) is 2.73. The molecule has 1 nitrogen and oxygen atoms in total. The van der Waals surface area contributed by atoms with Gasteiger partial charge in [-0.3, -0.25) is 0 Å². The van der Waals surface area contributed by atoms with E-state index in [1.54, 1.807) is 0 Å². The van der Waals surface area contributed by atoms with E-state index in [4.69, 9.17) is 0 Å². The van der Waals surface area contributed by atoms with E-state index in [2.05, 4.69) is 6.92 Å². The standard InChI is InChI=1S/C11H20O/c1-2-3-6-11(12)8-9-4-5-10(11)7-9/h9-10,12H,2-8H2,1H3. The molecular formula is C11H20O. The molecule has 2 bridgehead atoms. The van der Waals surface area contributed by atoms with Gasteiger partial charge in [0.15, 0.2) is 0 Å². The molecule has 2 rings (SSSR count). The Kier molecular flexibility index (Phi) is 2.16. The average molecular weight is 168 g/mol.